The Labute approximate surface area is 125 Å². The summed E-state index contributed by atoms with van der Waals surface area (Å²) in [6, 6.07) is 5.35. The zero-order valence-electron chi connectivity index (χ0n) is 11.9. The third kappa shape index (κ3) is 3.77. The fraction of sp³-hybridized carbons (Fsp3) is 0.500. The zero-order chi connectivity index (χ0) is 14.7. The minimum atomic E-state index is -0.0524. The summed E-state index contributed by atoms with van der Waals surface area (Å²) in [6.45, 7) is 7.89. The first kappa shape index (κ1) is 16.1. The molecule has 0 aromatic heterocycles. The van der Waals surface area contributed by atoms with Crippen LogP contribution in [0.4, 0.5) is 10.5 Å². The number of urea groups is 1. The first-order valence-electron chi connectivity index (χ1n) is 6.26. The number of benzene rings is 1. The number of hydrogen-bond acceptors (Lipinski definition) is 1. The van der Waals surface area contributed by atoms with Gasteiger partial charge in [0.05, 0.1) is 10.0 Å². The van der Waals surface area contributed by atoms with Crippen molar-refractivity contribution in [2.75, 3.05) is 11.9 Å². The Morgan fingerprint density at radius 2 is 1.63 bits per heavy atom. The largest absolute Gasteiger partial charge is 0.325 e. The van der Waals surface area contributed by atoms with Crippen molar-refractivity contribution in [3.8, 4) is 0 Å². The highest BCUT2D eigenvalue weighted by Gasteiger charge is 2.24. The maximum Gasteiger partial charge on any atom is 0.324 e. The minimum absolute atomic E-state index is 0.0333. The Balaban J connectivity index is 3.14. The lowest BCUT2D eigenvalue weighted by Gasteiger charge is -2.33. The number of amides is 2. The van der Waals surface area contributed by atoms with Gasteiger partial charge in [-0.3, -0.25) is 4.90 Å². The predicted molar refractivity (Wildman–Crippen MR) is 82.4 cm³/mol. The molecule has 0 heterocycles. The van der Waals surface area contributed by atoms with Gasteiger partial charge in [-0.25, -0.2) is 4.79 Å². The molecule has 0 aliphatic heterocycles. The molecule has 19 heavy (non-hydrogen) atoms. The van der Waals surface area contributed by atoms with Crippen LogP contribution in [0.3, 0.4) is 0 Å². The van der Waals surface area contributed by atoms with Crippen molar-refractivity contribution in [2.45, 2.75) is 39.8 Å². The third-order valence-corrected chi connectivity index (χ3v) is 3.72. The second kappa shape index (κ2) is 6.49. The molecule has 0 N–H and O–H groups in total. The van der Waals surface area contributed by atoms with Gasteiger partial charge in [0.15, 0.2) is 0 Å². The summed E-state index contributed by atoms with van der Waals surface area (Å²) in [5.41, 5.74) is 0.752. The van der Waals surface area contributed by atoms with Crippen molar-refractivity contribution in [1.29, 1.82) is 0 Å². The van der Waals surface area contributed by atoms with Crippen molar-refractivity contribution in [3.63, 3.8) is 0 Å². The molecule has 0 unspecified atom stereocenters. The summed E-state index contributed by atoms with van der Waals surface area (Å²) in [5, 5.41) is 0.934. The van der Waals surface area contributed by atoms with Gasteiger partial charge in [0.2, 0.25) is 0 Å². The van der Waals surface area contributed by atoms with Gasteiger partial charge in [-0.1, -0.05) is 23.2 Å². The molecule has 0 spiro atoms. The lowest BCUT2D eigenvalue weighted by molar-refractivity contribution is 0.202. The quantitative estimate of drug-likeness (QED) is 0.796. The van der Waals surface area contributed by atoms with Crippen LogP contribution in [0.15, 0.2) is 18.2 Å². The number of halogens is 2. The van der Waals surface area contributed by atoms with Crippen LogP contribution in [0, 0.1) is 0 Å². The third-order valence-electron chi connectivity index (χ3n) is 2.98. The predicted octanol–water partition coefficient (Wildman–Crippen LogP) is 4.67. The van der Waals surface area contributed by atoms with Gasteiger partial charge in [0.1, 0.15) is 0 Å². The molecule has 0 fully saturated rings. The fourth-order valence-corrected chi connectivity index (χ4v) is 1.95. The molecule has 5 heteroatoms. The second-order valence-corrected chi connectivity index (χ2v) is 5.86. The van der Waals surface area contributed by atoms with Gasteiger partial charge in [0.25, 0.3) is 0 Å². The van der Waals surface area contributed by atoms with E-state index >= 15 is 0 Å². The number of nitrogens with zero attached hydrogens (tertiary/aromatic N) is 2. The van der Waals surface area contributed by atoms with E-state index < -0.39 is 0 Å². The van der Waals surface area contributed by atoms with Crippen LogP contribution in [0.5, 0.6) is 0 Å². The molecule has 0 aliphatic rings. The van der Waals surface area contributed by atoms with E-state index in [-0.39, 0.29) is 18.1 Å². The SMILES string of the molecule is CC(C)N(C)C(=O)N(c1ccc(Cl)c(Cl)c1)C(C)C. The zero-order valence-corrected chi connectivity index (χ0v) is 13.5. The van der Waals surface area contributed by atoms with Crippen LogP contribution >= 0.6 is 23.2 Å². The summed E-state index contributed by atoms with van der Waals surface area (Å²) < 4.78 is 0. The molecule has 2 amide bonds. The summed E-state index contributed by atoms with van der Waals surface area (Å²) in [6.07, 6.45) is 0. The van der Waals surface area contributed by atoms with Gasteiger partial charge in [-0.05, 0) is 45.9 Å². The lowest BCUT2D eigenvalue weighted by atomic mass is 10.2. The van der Waals surface area contributed by atoms with Crippen molar-refractivity contribution in [3.05, 3.63) is 28.2 Å². The van der Waals surface area contributed by atoms with Crippen LogP contribution in [0.2, 0.25) is 10.0 Å². The Kier molecular flexibility index (Phi) is 5.50. The minimum Gasteiger partial charge on any atom is -0.325 e. The van der Waals surface area contributed by atoms with E-state index in [0.29, 0.717) is 10.0 Å². The molecule has 3 nitrogen and oxygen atoms in total. The van der Waals surface area contributed by atoms with Crippen molar-refractivity contribution in [2.24, 2.45) is 0 Å². The van der Waals surface area contributed by atoms with Gasteiger partial charge in [-0.2, -0.15) is 0 Å². The first-order valence-corrected chi connectivity index (χ1v) is 7.02. The molecule has 0 aliphatic carbocycles. The van der Waals surface area contributed by atoms with Crippen LogP contribution < -0.4 is 4.90 Å². The maximum atomic E-state index is 12.5. The van der Waals surface area contributed by atoms with Crippen LogP contribution in [-0.2, 0) is 0 Å². The van der Waals surface area contributed by atoms with E-state index in [1.165, 1.54) is 0 Å². The van der Waals surface area contributed by atoms with Gasteiger partial charge in [0, 0.05) is 24.8 Å². The van der Waals surface area contributed by atoms with E-state index in [0.717, 1.165) is 5.69 Å². The van der Waals surface area contributed by atoms with E-state index in [1.807, 2.05) is 27.7 Å². The van der Waals surface area contributed by atoms with Crippen molar-refractivity contribution >= 4 is 34.9 Å². The van der Waals surface area contributed by atoms with E-state index in [1.54, 1.807) is 35.0 Å². The molecule has 0 saturated carbocycles. The monoisotopic (exact) mass is 302 g/mol. The molecule has 0 bridgehead atoms. The molecule has 1 aromatic rings. The van der Waals surface area contributed by atoms with Crippen LogP contribution in [0.1, 0.15) is 27.7 Å². The average molecular weight is 303 g/mol. The van der Waals surface area contributed by atoms with Crippen molar-refractivity contribution < 1.29 is 4.79 Å². The topological polar surface area (TPSA) is 23.6 Å². The highest BCUT2D eigenvalue weighted by molar-refractivity contribution is 6.42. The number of anilines is 1. The highest BCUT2D eigenvalue weighted by atomic mass is 35.5. The number of hydrogen-bond donors (Lipinski definition) is 0. The number of rotatable bonds is 3. The molecule has 0 saturated heterocycles. The van der Waals surface area contributed by atoms with Crippen molar-refractivity contribution in [1.82, 2.24) is 4.90 Å². The first-order chi connectivity index (χ1) is 8.75. The van der Waals surface area contributed by atoms with Gasteiger partial charge < -0.3 is 4.90 Å². The maximum absolute atomic E-state index is 12.5. The Hall–Kier alpha value is -0.930. The Morgan fingerprint density at radius 3 is 2.05 bits per heavy atom. The Bertz CT molecular complexity index is 461. The van der Waals surface area contributed by atoms with E-state index in [2.05, 4.69) is 0 Å². The summed E-state index contributed by atoms with van der Waals surface area (Å²) in [5.74, 6) is 0. The van der Waals surface area contributed by atoms with Crippen LogP contribution in [0.25, 0.3) is 0 Å². The number of carbonyl (C=O) groups excluding carboxylic acids is 1. The highest BCUT2D eigenvalue weighted by Crippen LogP contribution is 2.28. The van der Waals surface area contributed by atoms with E-state index in [4.69, 9.17) is 23.2 Å². The smallest absolute Gasteiger partial charge is 0.324 e. The molecule has 106 valence electrons. The Morgan fingerprint density at radius 1 is 1.05 bits per heavy atom. The number of carbonyl (C=O) groups is 1. The average Bonchev–Trinajstić information content (AvgIpc) is 2.32. The molecule has 1 aromatic carbocycles. The fourth-order valence-electron chi connectivity index (χ4n) is 1.66. The molecular formula is C14H20Cl2N2O. The van der Waals surface area contributed by atoms with Gasteiger partial charge in [-0.15, -0.1) is 0 Å². The summed E-state index contributed by atoms with van der Waals surface area (Å²) in [7, 11) is 1.79. The molecule has 1 rings (SSSR count). The summed E-state index contributed by atoms with van der Waals surface area (Å²) >= 11 is 11.9. The standard InChI is InChI=1S/C14H20Cl2N2O/c1-9(2)17(5)14(19)18(10(3)4)11-6-7-12(15)13(16)8-11/h6-10H,1-5H3. The van der Waals surface area contributed by atoms with Gasteiger partial charge >= 0.3 is 6.03 Å². The second-order valence-electron chi connectivity index (χ2n) is 5.05. The normalized spacial score (nSPS) is 11.0. The van der Waals surface area contributed by atoms with Crippen LogP contribution in [-0.4, -0.2) is 30.1 Å². The molecule has 0 atom stereocenters. The summed E-state index contributed by atoms with van der Waals surface area (Å²) in [4.78, 5) is 15.9. The lowest BCUT2D eigenvalue weighted by Crippen LogP contribution is -2.47. The molecule has 0 radical (unpaired) electrons. The molecular weight excluding hydrogens is 283 g/mol. The van der Waals surface area contributed by atoms with E-state index in [9.17, 15) is 4.79 Å².